The fourth-order valence-electron chi connectivity index (χ4n) is 2.22. The predicted molar refractivity (Wildman–Crippen MR) is 101 cm³/mol. The van der Waals surface area contributed by atoms with Gasteiger partial charge in [0.15, 0.2) is 6.04 Å². The van der Waals surface area contributed by atoms with Gasteiger partial charge in [-0.2, -0.15) is 0 Å². The molecule has 0 heterocycles. The Labute approximate surface area is 176 Å². The summed E-state index contributed by atoms with van der Waals surface area (Å²) in [4.78, 5) is 70.0. The largest absolute Gasteiger partial charge is 0.481 e. The standard InChI is InChI=1S/C16H27N5O10/c1-6(23)12(16(30)31)21-14(28)8(2-3-11(25)26)19-15(29)9(4-10(18)24)20-13(27)7(17)5-22/h6-9,12,22-23H,2-5,17H2,1H3,(H2,18,24)(H,19,29)(H,20,27)(H,21,28)(H,25,26)(H,30,31). The smallest absolute Gasteiger partial charge is 0.328 e. The number of hydrogen-bond donors (Lipinski definition) is 9. The lowest BCUT2D eigenvalue weighted by Gasteiger charge is -2.25. The molecule has 0 spiro atoms. The molecule has 31 heavy (non-hydrogen) atoms. The Balaban J connectivity index is 5.55. The SMILES string of the molecule is CC(O)C(NC(=O)C(CCC(=O)O)NC(=O)C(CC(N)=O)NC(=O)C(N)CO)C(=O)O. The van der Waals surface area contributed by atoms with Crippen LogP contribution in [0, 0.1) is 0 Å². The average molecular weight is 449 g/mol. The van der Waals surface area contributed by atoms with Crippen molar-refractivity contribution in [3.05, 3.63) is 0 Å². The lowest BCUT2D eigenvalue weighted by molar-refractivity contribution is -0.145. The van der Waals surface area contributed by atoms with Crippen LogP contribution in [0.15, 0.2) is 0 Å². The molecule has 5 unspecified atom stereocenters. The zero-order valence-electron chi connectivity index (χ0n) is 16.6. The minimum absolute atomic E-state index is 0.480. The maximum absolute atomic E-state index is 12.5. The number of carboxylic acid groups (broad SMARTS) is 2. The Morgan fingerprint density at radius 1 is 0.903 bits per heavy atom. The number of aliphatic hydroxyl groups is 2. The van der Waals surface area contributed by atoms with Crippen LogP contribution in [0.4, 0.5) is 0 Å². The second kappa shape index (κ2) is 13.1. The molecule has 11 N–H and O–H groups in total. The maximum Gasteiger partial charge on any atom is 0.328 e. The van der Waals surface area contributed by atoms with E-state index in [1.165, 1.54) is 0 Å². The van der Waals surface area contributed by atoms with Crippen LogP contribution in [0.5, 0.6) is 0 Å². The highest BCUT2D eigenvalue weighted by Crippen LogP contribution is 2.03. The van der Waals surface area contributed by atoms with E-state index >= 15 is 0 Å². The summed E-state index contributed by atoms with van der Waals surface area (Å²) < 4.78 is 0. The second-order valence-electron chi connectivity index (χ2n) is 6.58. The van der Waals surface area contributed by atoms with Gasteiger partial charge < -0.3 is 47.8 Å². The lowest BCUT2D eigenvalue weighted by Crippen LogP contribution is -2.59. The highest BCUT2D eigenvalue weighted by Gasteiger charge is 2.32. The monoisotopic (exact) mass is 449 g/mol. The highest BCUT2D eigenvalue weighted by atomic mass is 16.4. The van der Waals surface area contributed by atoms with Gasteiger partial charge in [0, 0.05) is 6.42 Å². The van der Waals surface area contributed by atoms with Gasteiger partial charge >= 0.3 is 11.9 Å². The van der Waals surface area contributed by atoms with Crippen LogP contribution < -0.4 is 27.4 Å². The zero-order chi connectivity index (χ0) is 24.3. The number of carbonyl (C=O) groups is 6. The van der Waals surface area contributed by atoms with Crippen molar-refractivity contribution in [2.45, 2.75) is 56.5 Å². The summed E-state index contributed by atoms with van der Waals surface area (Å²) >= 11 is 0. The molecule has 4 amide bonds. The van der Waals surface area contributed by atoms with Crippen LogP contribution in [0.3, 0.4) is 0 Å². The van der Waals surface area contributed by atoms with Crippen LogP contribution >= 0.6 is 0 Å². The van der Waals surface area contributed by atoms with Crippen LogP contribution in [0.25, 0.3) is 0 Å². The third-order valence-corrected chi connectivity index (χ3v) is 3.90. The number of primary amides is 1. The van der Waals surface area contributed by atoms with Crippen molar-refractivity contribution in [1.82, 2.24) is 16.0 Å². The number of hydrogen-bond acceptors (Lipinski definition) is 9. The minimum atomic E-state index is -1.75. The molecule has 0 aromatic carbocycles. The second-order valence-corrected chi connectivity index (χ2v) is 6.58. The van der Waals surface area contributed by atoms with Gasteiger partial charge in [-0.05, 0) is 13.3 Å². The average Bonchev–Trinajstić information content (AvgIpc) is 2.66. The molecule has 0 aliphatic carbocycles. The first kappa shape index (κ1) is 27.7. The summed E-state index contributed by atoms with van der Waals surface area (Å²) in [5, 5.41) is 42.4. The fraction of sp³-hybridized carbons (Fsp3) is 0.625. The molecule has 15 nitrogen and oxygen atoms in total. The van der Waals surface area contributed by atoms with Gasteiger partial charge in [-0.1, -0.05) is 0 Å². The van der Waals surface area contributed by atoms with E-state index in [2.05, 4.69) is 10.6 Å². The number of nitrogens with two attached hydrogens (primary N) is 2. The summed E-state index contributed by atoms with van der Waals surface area (Å²) in [5.74, 6) is -7.16. The van der Waals surface area contributed by atoms with Crippen molar-refractivity contribution in [1.29, 1.82) is 0 Å². The van der Waals surface area contributed by atoms with Crippen molar-refractivity contribution < 1.29 is 49.2 Å². The molecule has 0 aromatic heterocycles. The normalized spacial score (nSPS) is 15.5. The van der Waals surface area contributed by atoms with Crippen molar-refractivity contribution in [3.63, 3.8) is 0 Å². The van der Waals surface area contributed by atoms with Gasteiger partial charge in [0.05, 0.1) is 19.1 Å². The molecule has 0 aliphatic heterocycles. The van der Waals surface area contributed by atoms with Crippen LogP contribution in [0.1, 0.15) is 26.2 Å². The van der Waals surface area contributed by atoms with Crippen LogP contribution in [-0.2, 0) is 28.8 Å². The Morgan fingerprint density at radius 3 is 1.84 bits per heavy atom. The molecule has 0 rings (SSSR count). The Morgan fingerprint density at radius 2 is 1.42 bits per heavy atom. The molecule has 0 aliphatic rings. The van der Waals surface area contributed by atoms with Gasteiger partial charge in [0.25, 0.3) is 0 Å². The Hall–Kier alpha value is -3.30. The molecule has 0 fully saturated rings. The van der Waals surface area contributed by atoms with E-state index in [9.17, 15) is 33.9 Å². The van der Waals surface area contributed by atoms with E-state index in [1.807, 2.05) is 5.32 Å². The van der Waals surface area contributed by atoms with E-state index in [0.29, 0.717) is 0 Å². The van der Waals surface area contributed by atoms with Crippen LogP contribution in [-0.4, -0.2) is 92.9 Å². The maximum atomic E-state index is 12.5. The van der Waals surface area contributed by atoms with E-state index in [4.69, 9.17) is 26.8 Å². The minimum Gasteiger partial charge on any atom is -0.481 e. The molecule has 5 atom stereocenters. The number of aliphatic carboxylic acids is 2. The topological polar surface area (TPSA) is 271 Å². The molecule has 0 saturated heterocycles. The molecule has 0 radical (unpaired) electrons. The third-order valence-electron chi connectivity index (χ3n) is 3.90. The molecule has 0 bridgehead atoms. The highest BCUT2D eigenvalue weighted by molar-refractivity contribution is 5.96. The first-order valence-corrected chi connectivity index (χ1v) is 8.98. The number of nitrogens with one attached hydrogen (secondary N) is 3. The Kier molecular flexibility index (Phi) is 11.7. The number of carbonyl (C=O) groups excluding carboxylic acids is 4. The first-order chi connectivity index (χ1) is 14.3. The molecule has 15 heteroatoms. The Bertz CT molecular complexity index is 698. The summed E-state index contributed by atoms with van der Waals surface area (Å²) in [6.45, 7) is 0.322. The van der Waals surface area contributed by atoms with E-state index in [-0.39, 0.29) is 0 Å². The fourth-order valence-corrected chi connectivity index (χ4v) is 2.22. The zero-order valence-corrected chi connectivity index (χ0v) is 16.6. The summed E-state index contributed by atoms with van der Waals surface area (Å²) in [5.41, 5.74) is 10.4. The molecule has 0 aromatic rings. The number of rotatable bonds is 14. The number of amides is 4. The van der Waals surface area contributed by atoms with Gasteiger partial charge in [-0.25, -0.2) is 4.79 Å². The van der Waals surface area contributed by atoms with Gasteiger partial charge in [0.1, 0.15) is 18.1 Å². The molecular weight excluding hydrogens is 422 g/mol. The molecular formula is C16H27N5O10. The van der Waals surface area contributed by atoms with E-state index < -0.39 is 91.7 Å². The van der Waals surface area contributed by atoms with Gasteiger partial charge in [-0.3, -0.25) is 24.0 Å². The summed E-state index contributed by atoms with van der Waals surface area (Å²) in [7, 11) is 0. The first-order valence-electron chi connectivity index (χ1n) is 8.98. The van der Waals surface area contributed by atoms with E-state index in [1.54, 1.807) is 0 Å². The molecule has 176 valence electrons. The van der Waals surface area contributed by atoms with Gasteiger partial charge in [-0.15, -0.1) is 0 Å². The lowest BCUT2D eigenvalue weighted by atomic mass is 10.1. The van der Waals surface area contributed by atoms with Crippen molar-refractivity contribution >= 4 is 35.6 Å². The van der Waals surface area contributed by atoms with Crippen molar-refractivity contribution in [2.75, 3.05) is 6.61 Å². The summed E-state index contributed by atoms with van der Waals surface area (Å²) in [6, 6.07) is -6.38. The van der Waals surface area contributed by atoms with Crippen molar-refractivity contribution in [3.8, 4) is 0 Å². The molecule has 0 saturated carbocycles. The predicted octanol–water partition coefficient (Wildman–Crippen LogP) is -5.03. The number of carboxylic acids is 2. The van der Waals surface area contributed by atoms with Crippen LogP contribution in [0.2, 0.25) is 0 Å². The van der Waals surface area contributed by atoms with Gasteiger partial charge in [0.2, 0.25) is 23.6 Å². The third kappa shape index (κ3) is 10.3. The number of aliphatic hydroxyl groups excluding tert-OH is 2. The van der Waals surface area contributed by atoms with E-state index in [0.717, 1.165) is 6.92 Å². The quantitative estimate of drug-likeness (QED) is 0.121. The van der Waals surface area contributed by atoms with Crippen molar-refractivity contribution in [2.24, 2.45) is 11.5 Å². The summed E-state index contributed by atoms with van der Waals surface area (Å²) in [6.07, 6.45) is -3.31.